The van der Waals surface area contributed by atoms with Crippen molar-refractivity contribution >= 4 is 5.97 Å². The minimum absolute atomic E-state index is 0.182. The number of rotatable bonds is 2. The Morgan fingerprint density at radius 2 is 1.44 bits per heavy atom. The fourth-order valence-electron chi connectivity index (χ4n) is 3.57. The molecule has 3 saturated carbocycles. The van der Waals surface area contributed by atoms with Crippen molar-refractivity contribution in [2.24, 2.45) is 0 Å². The quantitative estimate of drug-likeness (QED) is 0.843. The molecule has 3 heteroatoms. The molecule has 3 aliphatic rings. The molecule has 96 valence electrons. The fraction of sp³-hybridized carbons (Fsp3) is 0.533. The molecule has 0 aliphatic heterocycles. The Labute approximate surface area is 106 Å². The van der Waals surface area contributed by atoms with Gasteiger partial charge in [0.2, 0.25) is 0 Å². The van der Waals surface area contributed by atoms with E-state index in [9.17, 15) is 9.90 Å². The van der Waals surface area contributed by atoms with Gasteiger partial charge in [-0.1, -0.05) is 12.1 Å². The van der Waals surface area contributed by atoms with Crippen LogP contribution in [0.5, 0.6) is 0 Å². The molecule has 18 heavy (non-hydrogen) atoms. The molecule has 0 saturated heterocycles. The normalized spacial score (nSPS) is 34.5. The van der Waals surface area contributed by atoms with Crippen LogP contribution < -0.4 is 0 Å². The van der Waals surface area contributed by atoms with Crippen molar-refractivity contribution in [1.29, 1.82) is 0 Å². The highest BCUT2D eigenvalue weighted by molar-refractivity contribution is 5.87. The maximum atomic E-state index is 10.9. The summed E-state index contributed by atoms with van der Waals surface area (Å²) in [6, 6.07) is 7.31. The van der Waals surface area contributed by atoms with Gasteiger partial charge in [-0.05, 0) is 61.6 Å². The first-order chi connectivity index (χ1) is 8.53. The molecule has 1 aromatic rings. The van der Waals surface area contributed by atoms with E-state index >= 15 is 0 Å². The van der Waals surface area contributed by atoms with Gasteiger partial charge in [-0.2, -0.15) is 0 Å². The molecule has 0 unspecified atom stereocenters. The highest BCUT2D eigenvalue weighted by atomic mass is 16.4. The topological polar surface area (TPSA) is 57.5 Å². The van der Waals surface area contributed by atoms with Crippen LogP contribution in [0.4, 0.5) is 0 Å². The SMILES string of the molecule is O=C(O)c1ccc(C23CCC(O)(CC2)CC3)cc1. The Kier molecular flexibility index (Phi) is 2.49. The number of hydrogen-bond acceptors (Lipinski definition) is 2. The molecule has 0 spiro atoms. The van der Waals surface area contributed by atoms with Crippen LogP contribution in [0, 0.1) is 0 Å². The van der Waals surface area contributed by atoms with Crippen LogP contribution in [0.25, 0.3) is 0 Å². The second kappa shape index (κ2) is 3.82. The van der Waals surface area contributed by atoms with Gasteiger partial charge < -0.3 is 10.2 Å². The third kappa shape index (κ3) is 1.74. The van der Waals surface area contributed by atoms with Crippen molar-refractivity contribution in [3.8, 4) is 0 Å². The van der Waals surface area contributed by atoms with E-state index in [4.69, 9.17) is 5.11 Å². The van der Waals surface area contributed by atoms with Crippen LogP contribution in [-0.4, -0.2) is 21.8 Å². The molecule has 0 aromatic heterocycles. The highest BCUT2D eigenvalue weighted by Gasteiger charge is 2.48. The number of aliphatic hydroxyl groups is 1. The average Bonchev–Trinajstić information content (AvgIpc) is 2.40. The Bertz CT molecular complexity index is 450. The van der Waals surface area contributed by atoms with Crippen LogP contribution in [0.15, 0.2) is 24.3 Å². The number of benzene rings is 1. The van der Waals surface area contributed by atoms with E-state index in [0.29, 0.717) is 5.56 Å². The van der Waals surface area contributed by atoms with E-state index in [1.165, 1.54) is 5.56 Å². The summed E-state index contributed by atoms with van der Waals surface area (Å²) < 4.78 is 0. The van der Waals surface area contributed by atoms with Crippen molar-refractivity contribution in [1.82, 2.24) is 0 Å². The number of aromatic carboxylic acids is 1. The predicted molar refractivity (Wildman–Crippen MR) is 67.7 cm³/mol. The first-order valence-corrected chi connectivity index (χ1v) is 6.59. The largest absolute Gasteiger partial charge is 0.478 e. The zero-order chi connectivity index (χ0) is 12.8. The van der Waals surface area contributed by atoms with E-state index in [2.05, 4.69) is 0 Å². The zero-order valence-electron chi connectivity index (χ0n) is 10.4. The smallest absolute Gasteiger partial charge is 0.335 e. The van der Waals surface area contributed by atoms with Crippen LogP contribution in [0.3, 0.4) is 0 Å². The Morgan fingerprint density at radius 1 is 0.944 bits per heavy atom. The molecule has 0 radical (unpaired) electrons. The van der Waals surface area contributed by atoms with E-state index in [1.807, 2.05) is 12.1 Å². The van der Waals surface area contributed by atoms with Gasteiger partial charge >= 0.3 is 5.97 Å². The average molecular weight is 246 g/mol. The maximum Gasteiger partial charge on any atom is 0.335 e. The van der Waals surface area contributed by atoms with E-state index < -0.39 is 11.6 Å². The van der Waals surface area contributed by atoms with Gasteiger partial charge in [0.15, 0.2) is 0 Å². The van der Waals surface area contributed by atoms with Gasteiger partial charge in [-0.25, -0.2) is 4.79 Å². The minimum Gasteiger partial charge on any atom is -0.478 e. The van der Waals surface area contributed by atoms with Gasteiger partial charge in [-0.3, -0.25) is 0 Å². The third-order valence-electron chi connectivity index (χ3n) is 4.95. The Hall–Kier alpha value is -1.35. The lowest BCUT2D eigenvalue weighted by molar-refractivity contribution is -0.0660. The van der Waals surface area contributed by atoms with Gasteiger partial charge in [-0.15, -0.1) is 0 Å². The molecule has 0 amide bonds. The molecular formula is C15H18O3. The first kappa shape index (κ1) is 11.7. The molecule has 3 nitrogen and oxygen atoms in total. The number of fused-ring (bicyclic) bond motifs is 3. The summed E-state index contributed by atoms with van der Waals surface area (Å²) in [6.45, 7) is 0. The van der Waals surface area contributed by atoms with Crippen molar-refractivity contribution < 1.29 is 15.0 Å². The molecule has 1 aromatic carbocycles. The van der Waals surface area contributed by atoms with E-state index in [1.54, 1.807) is 12.1 Å². The lowest BCUT2D eigenvalue weighted by atomic mass is 9.56. The summed E-state index contributed by atoms with van der Waals surface area (Å²) in [5.41, 5.74) is 1.36. The fourth-order valence-corrected chi connectivity index (χ4v) is 3.57. The van der Waals surface area contributed by atoms with Gasteiger partial charge in [0.25, 0.3) is 0 Å². The lowest BCUT2D eigenvalue weighted by Gasteiger charge is -2.51. The van der Waals surface area contributed by atoms with Crippen molar-refractivity contribution in [3.63, 3.8) is 0 Å². The standard InChI is InChI=1S/C15H18O3/c16-13(17)11-1-3-12(4-2-11)14-5-8-15(18,9-6-14)10-7-14/h1-4,18H,5-10H2,(H,16,17). The molecule has 0 heterocycles. The Morgan fingerprint density at radius 3 is 1.89 bits per heavy atom. The molecule has 0 atom stereocenters. The summed E-state index contributed by atoms with van der Waals surface area (Å²) >= 11 is 0. The summed E-state index contributed by atoms with van der Waals surface area (Å²) in [5.74, 6) is -0.874. The van der Waals surface area contributed by atoms with Crippen molar-refractivity contribution in [2.75, 3.05) is 0 Å². The van der Waals surface area contributed by atoms with Crippen LogP contribution in [0.2, 0.25) is 0 Å². The zero-order valence-corrected chi connectivity index (χ0v) is 10.4. The summed E-state index contributed by atoms with van der Waals surface area (Å²) in [6.07, 6.45) is 5.72. The summed E-state index contributed by atoms with van der Waals surface area (Å²) in [5, 5.41) is 19.1. The van der Waals surface area contributed by atoms with Gasteiger partial charge in [0.1, 0.15) is 0 Å². The highest BCUT2D eigenvalue weighted by Crippen LogP contribution is 2.53. The lowest BCUT2D eigenvalue weighted by Crippen LogP contribution is -2.48. The van der Waals surface area contributed by atoms with Crippen LogP contribution in [0.1, 0.15) is 54.4 Å². The van der Waals surface area contributed by atoms with Crippen molar-refractivity contribution in [2.45, 2.75) is 49.5 Å². The number of carbonyl (C=O) groups is 1. The minimum atomic E-state index is -0.874. The molecule has 2 N–H and O–H groups in total. The summed E-state index contributed by atoms with van der Waals surface area (Å²) in [7, 11) is 0. The summed E-state index contributed by atoms with van der Waals surface area (Å²) in [4.78, 5) is 10.9. The number of carboxylic acid groups (broad SMARTS) is 1. The monoisotopic (exact) mass is 246 g/mol. The first-order valence-electron chi connectivity index (χ1n) is 6.59. The molecule has 3 aliphatic carbocycles. The second-order valence-electron chi connectivity index (χ2n) is 5.89. The number of carboxylic acids is 1. The van der Waals surface area contributed by atoms with Crippen LogP contribution in [-0.2, 0) is 5.41 Å². The Balaban J connectivity index is 1.88. The van der Waals surface area contributed by atoms with Crippen molar-refractivity contribution in [3.05, 3.63) is 35.4 Å². The molecule has 3 fully saturated rings. The van der Waals surface area contributed by atoms with Gasteiger partial charge in [0.05, 0.1) is 11.2 Å². The maximum absolute atomic E-state index is 10.9. The van der Waals surface area contributed by atoms with Gasteiger partial charge in [0, 0.05) is 0 Å². The molecular weight excluding hydrogens is 228 g/mol. The van der Waals surface area contributed by atoms with E-state index in [-0.39, 0.29) is 5.41 Å². The molecule has 4 rings (SSSR count). The van der Waals surface area contributed by atoms with E-state index in [0.717, 1.165) is 38.5 Å². The van der Waals surface area contributed by atoms with Crippen LogP contribution >= 0.6 is 0 Å². The second-order valence-corrected chi connectivity index (χ2v) is 5.89. The third-order valence-corrected chi connectivity index (χ3v) is 4.95. The number of hydrogen-bond donors (Lipinski definition) is 2. The predicted octanol–water partition coefficient (Wildman–Crippen LogP) is 2.72. The molecule has 2 bridgehead atoms.